The molecule has 0 aliphatic heterocycles. The highest BCUT2D eigenvalue weighted by molar-refractivity contribution is 5.25. The van der Waals surface area contributed by atoms with Crippen LogP contribution in [0.25, 0.3) is 0 Å². The molecule has 0 saturated heterocycles. The standard InChI is InChI=1S/C22H31NO2/c1-18(2)16-25-17-22(24)15-23(13-20-10-5-4-6-11-20)14-21-12-8-7-9-19(21)3/h4-12,18,22,24H,13-17H2,1-3H3/t22-/m0/s1. The summed E-state index contributed by atoms with van der Waals surface area (Å²) in [6.45, 7) is 9.68. The Labute approximate surface area is 152 Å². The third kappa shape index (κ3) is 7.39. The Balaban J connectivity index is 2.00. The number of hydrogen-bond acceptors (Lipinski definition) is 3. The summed E-state index contributed by atoms with van der Waals surface area (Å²) in [5.74, 6) is 0.486. The lowest BCUT2D eigenvalue weighted by atomic mass is 10.1. The van der Waals surface area contributed by atoms with E-state index < -0.39 is 6.10 Å². The van der Waals surface area contributed by atoms with Crippen molar-refractivity contribution in [2.24, 2.45) is 5.92 Å². The highest BCUT2D eigenvalue weighted by Gasteiger charge is 2.14. The SMILES string of the molecule is Cc1ccccc1CN(Cc1ccccc1)C[C@H](O)COCC(C)C. The predicted octanol–water partition coefficient (Wildman–Crippen LogP) is 4.03. The second-order valence-corrected chi connectivity index (χ2v) is 7.17. The van der Waals surface area contributed by atoms with Crippen molar-refractivity contribution >= 4 is 0 Å². The molecule has 0 aliphatic carbocycles. The second kappa shape index (κ2) is 10.3. The molecule has 0 radical (unpaired) electrons. The van der Waals surface area contributed by atoms with Crippen molar-refractivity contribution in [3.8, 4) is 0 Å². The van der Waals surface area contributed by atoms with Crippen molar-refractivity contribution in [1.82, 2.24) is 4.90 Å². The van der Waals surface area contributed by atoms with Gasteiger partial charge < -0.3 is 9.84 Å². The van der Waals surface area contributed by atoms with Crippen molar-refractivity contribution < 1.29 is 9.84 Å². The zero-order valence-corrected chi connectivity index (χ0v) is 15.7. The largest absolute Gasteiger partial charge is 0.389 e. The van der Waals surface area contributed by atoms with Gasteiger partial charge in [-0.05, 0) is 29.5 Å². The zero-order valence-electron chi connectivity index (χ0n) is 15.7. The van der Waals surface area contributed by atoms with E-state index in [1.165, 1.54) is 16.7 Å². The lowest BCUT2D eigenvalue weighted by Crippen LogP contribution is -2.34. The van der Waals surface area contributed by atoms with Crippen LogP contribution in [0.1, 0.15) is 30.5 Å². The van der Waals surface area contributed by atoms with Crippen molar-refractivity contribution in [3.05, 3.63) is 71.3 Å². The lowest BCUT2D eigenvalue weighted by Gasteiger charge is -2.26. The van der Waals surface area contributed by atoms with Gasteiger partial charge in [-0.2, -0.15) is 0 Å². The van der Waals surface area contributed by atoms with E-state index in [-0.39, 0.29) is 0 Å². The van der Waals surface area contributed by atoms with Crippen LogP contribution in [-0.2, 0) is 17.8 Å². The predicted molar refractivity (Wildman–Crippen MR) is 103 cm³/mol. The van der Waals surface area contributed by atoms with Crippen LogP contribution in [-0.4, -0.2) is 35.9 Å². The van der Waals surface area contributed by atoms with E-state index in [9.17, 15) is 5.11 Å². The summed E-state index contributed by atoms with van der Waals surface area (Å²) in [7, 11) is 0. The van der Waals surface area contributed by atoms with Gasteiger partial charge in [0.1, 0.15) is 0 Å². The molecule has 0 bridgehead atoms. The van der Waals surface area contributed by atoms with Crippen LogP contribution in [0.5, 0.6) is 0 Å². The number of hydrogen-bond donors (Lipinski definition) is 1. The molecule has 2 aromatic rings. The summed E-state index contributed by atoms with van der Waals surface area (Å²) in [6.07, 6.45) is -0.480. The molecule has 3 heteroatoms. The lowest BCUT2D eigenvalue weighted by molar-refractivity contribution is 0.00552. The number of aryl methyl sites for hydroxylation is 1. The van der Waals surface area contributed by atoms with E-state index in [1.54, 1.807) is 0 Å². The molecule has 2 rings (SSSR count). The van der Waals surface area contributed by atoms with Gasteiger partial charge in [0.05, 0.1) is 12.7 Å². The maximum absolute atomic E-state index is 10.4. The van der Waals surface area contributed by atoms with E-state index >= 15 is 0 Å². The number of benzene rings is 2. The summed E-state index contributed by atoms with van der Waals surface area (Å²) in [6, 6.07) is 18.9. The smallest absolute Gasteiger partial charge is 0.0900 e. The zero-order chi connectivity index (χ0) is 18.1. The van der Waals surface area contributed by atoms with E-state index in [2.05, 4.69) is 74.2 Å². The topological polar surface area (TPSA) is 32.7 Å². The fourth-order valence-electron chi connectivity index (χ4n) is 2.85. The Morgan fingerprint density at radius 2 is 1.60 bits per heavy atom. The van der Waals surface area contributed by atoms with Crippen LogP contribution in [0.3, 0.4) is 0 Å². The quantitative estimate of drug-likeness (QED) is 0.708. The molecule has 0 aliphatic rings. The van der Waals surface area contributed by atoms with Crippen LogP contribution >= 0.6 is 0 Å². The molecule has 3 nitrogen and oxygen atoms in total. The number of nitrogens with zero attached hydrogens (tertiary/aromatic N) is 1. The molecule has 0 saturated carbocycles. The average Bonchev–Trinajstić information content (AvgIpc) is 2.57. The van der Waals surface area contributed by atoms with E-state index in [0.29, 0.717) is 25.7 Å². The minimum atomic E-state index is -0.480. The maximum Gasteiger partial charge on any atom is 0.0900 e. The first-order valence-electron chi connectivity index (χ1n) is 9.11. The number of ether oxygens (including phenoxy) is 1. The van der Waals surface area contributed by atoms with Gasteiger partial charge in [0.25, 0.3) is 0 Å². The third-order valence-corrected chi connectivity index (χ3v) is 4.13. The van der Waals surface area contributed by atoms with E-state index in [0.717, 1.165) is 13.1 Å². The Hall–Kier alpha value is -1.68. The monoisotopic (exact) mass is 341 g/mol. The summed E-state index contributed by atoms with van der Waals surface area (Å²) >= 11 is 0. The molecule has 0 aromatic heterocycles. The summed E-state index contributed by atoms with van der Waals surface area (Å²) in [5.41, 5.74) is 3.84. The Morgan fingerprint density at radius 3 is 2.28 bits per heavy atom. The normalized spacial score (nSPS) is 12.7. The second-order valence-electron chi connectivity index (χ2n) is 7.17. The minimum absolute atomic E-state index is 0.386. The molecular formula is C22H31NO2. The van der Waals surface area contributed by atoms with Crippen LogP contribution in [0, 0.1) is 12.8 Å². The molecule has 136 valence electrons. The summed E-state index contributed by atoms with van der Waals surface area (Å²) in [4.78, 5) is 2.29. The van der Waals surface area contributed by atoms with Gasteiger partial charge in [0, 0.05) is 26.2 Å². The van der Waals surface area contributed by atoms with Gasteiger partial charge in [0.2, 0.25) is 0 Å². The van der Waals surface area contributed by atoms with Gasteiger partial charge in [-0.1, -0.05) is 68.4 Å². The molecular weight excluding hydrogens is 310 g/mol. The molecule has 0 unspecified atom stereocenters. The molecule has 0 heterocycles. The molecule has 1 N–H and O–H groups in total. The molecule has 25 heavy (non-hydrogen) atoms. The Kier molecular flexibility index (Phi) is 8.13. The van der Waals surface area contributed by atoms with E-state index in [1.807, 2.05) is 6.07 Å². The maximum atomic E-state index is 10.4. The highest BCUT2D eigenvalue weighted by atomic mass is 16.5. The van der Waals surface area contributed by atoms with Gasteiger partial charge in [-0.3, -0.25) is 4.90 Å². The molecule has 2 aromatic carbocycles. The van der Waals surface area contributed by atoms with Crippen LogP contribution in [0.15, 0.2) is 54.6 Å². The van der Waals surface area contributed by atoms with Crippen molar-refractivity contribution in [1.29, 1.82) is 0 Å². The summed E-state index contributed by atoms with van der Waals surface area (Å²) in [5, 5.41) is 10.4. The van der Waals surface area contributed by atoms with Crippen LogP contribution in [0.4, 0.5) is 0 Å². The highest BCUT2D eigenvalue weighted by Crippen LogP contribution is 2.14. The Morgan fingerprint density at radius 1 is 0.920 bits per heavy atom. The van der Waals surface area contributed by atoms with E-state index in [4.69, 9.17) is 4.74 Å². The number of rotatable bonds is 10. The van der Waals surface area contributed by atoms with Gasteiger partial charge in [-0.25, -0.2) is 0 Å². The van der Waals surface area contributed by atoms with Crippen molar-refractivity contribution in [2.45, 2.75) is 40.0 Å². The van der Waals surface area contributed by atoms with Gasteiger partial charge in [-0.15, -0.1) is 0 Å². The van der Waals surface area contributed by atoms with Gasteiger partial charge in [0.15, 0.2) is 0 Å². The molecule has 1 atom stereocenters. The minimum Gasteiger partial charge on any atom is -0.389 e. The first kappa shape index (κ1) is 19.6. The molecule has 0 spiro atoms. The van der Waals surface area contributed by atoms with Crippen molar-refractivity contribution in [3.63, 3.8) is 0 Å². The molecule has 0 fully saturated rings. The van der Waals surface area contributed by atoms with Crippen LogP contribution in [0.2, 0.25) is 0 Å². The summed E-state index contributed by atoms with van der Waals surface area (Å²) < 4.78 is 5.61. The Bertz CT molecular complexity index is 612. The first-order chi connectivity index (χ1) is 12.0. The fraction of sp³-hybridized carbons (Fsp3) is 0.455. The average molecular weight is 341 g/mol. The number of aliphatic hydroxyl groups is 1. The first-order valence-corrected chi connectivity index (χ1v) is 9.11. The third-order valence-electron chi connectivity index (χ3n) is 4.13. The van der Waals surface area contributed by atoms with Crippen molar-refractivity contribution in [2.75, 3.05) is 19.8 Å². The van der Waals surface area contributed by atoms with Gasteiger partial charge >= 0.3 is 0 Å². The number of aliphatic hydroxyl groups excluding tert-OH is 1. The molecule has 0 amide bonds. The van der Waals surface area contributed by atoms with Crippen LogP contribution < -0.4 is 0 Å². The fourth-order valence-corrected chi connectivity index (χ4v) is 2.85.